The van der Waals surface area contributed by atoms with Gasteiger partial charge in [0.15, 0.2) is 0 Å². The number of hydrogen-bond donors (Lipinski definition) is 1. The minimum Gasteiger partial charge on any atom is -0.375 e. The van der Waals surface area contributed by atoms with Gasteiger partial charge in [-0.1, -0.05) is 0 Å². The number of hydrogen-bond acceptors (Lipinski definition) is 3. The molecular formula is C11H22N2O. The van der Waals surface area contributed by atoms with E-state index in [1.165, 1.54) is 38.8 Å². The van der Waals surface area contributed by atoms with E-state index >= 15 is 0 Å². The first-order chi connectivity index (χ1) is 6.78. The summed E-state index contributed by atoms with van der Waals surface area (Å²) in [7, 11) is 4.23. The van der Waals surface area contributed by atoms with Crippen LogP contribution in [-0.4, -0.2) is 50.3 Å². The van der Waals surface area contributed by atoms with Gasteiger partial charge in [-0.05, 0) is 39.8 Å². The number of piperidine rings is 1. The molecule has 3 nitrogen and oxygen atoms in total. The minimum absolute atomic E-state index is 0.536. The molecule has 0 radical (unpaired) electrons. The average Bonchev–Trinajstić information content (AvgIpc) is 2.13. The van der Waals surface area contributed by atoms with Crippen LogP contribution >= 0.6 is 0 Å². The fraction of sp³-hybridized carbons (Fsp3) is 1.00. The molecule has 82 valence electrons. The van der Waals surface area contributed by atoms with Crippen molar-refractivity contribution in [1.82, 2.24) is 10.2 Å². The van der Waals surface area contributed by atoms with E-state index < -0.39 is 0 Å². The smallest absolute Gasteiger partial charge is 0.0608 e. The Morgan fingerprint density at radius 2 is 1.79 bits per heavy atom. The highest BCUT2D eigenvalue weighted by atomic mass is 16.5. The lowest BCUT2D eigenvalue weighted by Gasteiger charge is -2.39. The third kappa shape index (κ3) is 2.47. The van der Waals surface area contributed by atoms with E-state index in [0.717, 1.165) is 0 Å². The zero-order valence-electron chi connectivity index (χ0n) is 9.33. The molecule has 1 heterocycles. The van der Waals surface area contributed by atoms with Gasteiger partial charge in [0.25, 0.3) is 0 Å². The second-order valence-corrected chi connectivity index (χ2v) is 4.72. The SMILES string of the molecule is CNC1CC(OC2CCN(C)CC2)C1. The summed E-state index contributed by atoms with van der Waals surface area (Å²) < 4.78 is 6.04. The molecule has 0 atom stereocenters. The molecule has 2 fully saturated rings. The number of nitrogens with zero attached hydrogens (tertiary/aromatic N) is 1. The minimum atomic E-state index is 0.536. The maximum atomic E-state index is 6.04. The van der Waals surface area contributed by atoms with Crippen LogP contribution in [0.5, 0.6) is 0 Å². The van der Waals surface area contributed by atoms with Crippen molar-refractivity contribution in [2.45, 2.75) is 43.9 Å². The maximum Gasteiger partial charge on any atom is 0.0608 e. The van der Waals surface area contributed by atoms with Crippen molar-refractivity contribution in [3.63, 3.8) is 0 Å². The summed E-state index contributed by atoms with van der Waals surface area (Å²) in [5, 5.41) is 3.29. The van der Waals surface area contributed by atoms with E-state index in [1.807, 2.05) is 7.05 Å². The Labute approximate surface area is 86.8 Å². The molecule has 0 aromatic heterocycles. The van der Waals surface area contributed by atoms with Crippen LogP contribution in [0.1, 0.15) is 25.7 Å². The topological polar surface area (TPSA) is 24.5 Å². The highest BCUT2D eigenvalue weighted by molar-refractivity contribution is 4.86. The largest absolute Gasteiger partial charge is 0.375 e. The summed E-state index contributed by atoms with van der Waals surface area (Å²) in [6, 6.07) is 0.714. The molecule has 1 saturated heterocycles. The highest BCUT2D eigenvalue weighted by Crippen LogP contribution is 2.26. The Hall–Kier alpha value is -0.120. The molecule has 1 aliphatic carbocycles. The van der Waals surface area contributed by atoms with Crippen LogP contribution in [0.4, 0.5) is 0 Å². The lowest BCUT2D eigenvalue weighted by Crippen LogP contribution is -2.46. The molecule has 1 aliphatic heterocycles. The van der Waals surface area contributed by atoms with Crippen LogP contribution in [0.3, 0.4) is 0 Å². The molecule has 0 aromatic rings. The first kappa shape index (κ1) is 10.4. The van der Waals surface area contributed by atoms with E-state index in [4.69, 9.17) is 4.74 Å². The third-order valence-electron chi connectivity index (χ3n) is 3.55. The van der Waals surface area contributed by atoms with Crippen molar-refractivity contribution in [1.29, 1.82) is 0 Å². The zero-order valence-corrected chi connectivity index (χ0v) is 9.33. The number of ether oxygens (including phenoxy) is 1. The van der Waals surface area contributed by atoms with Gasteiger partial charge in [0.2, 0.25) is 0 Å². The molecule has 0 bridgehead atoms. The van der Waals surface area contributed by atoms with E-state index in [9.17, 15) is 0 Å². The van der Waals surface area contributed by atoms with Gasteiger partial charge < -0.3 is 15.0 Å². The van der Waals surface area contributed by atoms with Crippen LogP contribution < -0.4 is 5.32 Å². The normalized spacial score (nSPS) is 35.6. The molecule has 3 heteroatoms. The van der Waals surface area contributed by atoms with Crippen molar-refractivity contribution in [2.24, 2.45) is 0 Å². The summed E-state index contributed by atoms with van der Waals surface area (Å²) in [6.07, 6.45) is 5.94. The van der Waals surface area contributed by atoms with Crippen LogP contribution in [0.25, 0.3) is 0 Å². The summed E-state index contributed by atoms with van der Waals surface area (Å²) in [6.45, 7) is 2.40. The van der Waals surface area contributed by atoms with Crippen LogP contribution in [0, 0.1) is 0 Å². The van der Waals surface area contributed by atoms with Gasteiger partial charge in [-0.25, -0.2) is 0 Å². The maximum absolute atomic E-state index is 6.04. The zero-order chi connectivity index (χ0) is 9.97. The first-order valence-corrected chi connectivity index (χ1v) is 5.79. The molecule has 0 amide bonds. The molecule has 1 saturated carbocycles. The number of likely N-dealkylation sites (tertiary alicyclic amines) is 1. The average molecular weight is 198 g/mol. The van der Waals surface area contributed by atoms with E-state index in [-0.39, 0.29) is 0 Å². The third-order valence-corrected chi connectivity index (χ3v) is 3.55. The van der Waals surface area contributed by atoms with E-state index in [0.29, 0.717) is 18.2 Å². The molecule has 0 unspecified atom stereocenters. The molecule has 0 spiro atoms. The predicted octanol–water partition coefficient (Wildman–Crippen LogP) is 0.848. The van der Waals surface area contributed by atoms with Crippen LogP contribution in [-0.2, 0) is 4.74 Å². The molecule has 2 aliphatic rings. The Kier molecular flexibility index (Phi) is 3.42. The van der Waals surface area contributed by atoms with Crippen LogP contribution in [0.2, 0.25) is 0 Å². The summed E-state index contributed by atoms with van der Waals surface area (Å²) in [5.74, 6) is 0. The summed E-state index contributed by atoms with van der Waals surface area (Å²) in [4.78, 5) is 2.39. The van der Waals surface area contributed by atoms with Gasteiger partial charge in [-0.15, -0.1) is 0 Å². The van der Waals surface area contributed by atoms with Gasteiger partial charge in [0.1, 0.15) is 0 Å². The molecule has 2 rings (SSSR count). The highest BCUT2D eigenvalue weighted by Gasteiger charge is 2.31. The second-order valence-electron chi connectivity index (χ2n) is 4.72. The predicted molar refractivity (Wildman–Crippen MR) is 57.5 cm³/mol. The Morgan fingerprint density at radius 1 is 1.14 bits per heavy atom. The first-order valence-electron chi connectivity index (χ1n) is 5.79. The summed E-state index contributed by atoms with van der Waals surface area (Å²) >= 11 is 0. The van der Waals surface area contributed by atoms with Gasteiger partial charge in [-0.2, -0.15) is 0 Å². The molecule has 1 N–H and O–H groups in total. The fourth-order valence-electron chi connectivity index (χ4n) is 2.31. The van der Waals surface area contributed by atoms with Gasteiger partial charge >= 0.3 is 0 Å². The van der Waals surface area contributed by atoms with Gasteiger partial charge in [-0.3, -0.25) is 0 Å². The van der Waals surface area contributed by atoms with E-state index in [2.05, 4.69) is 17.3 Å². The van der Waals surface area contributed by atoms with Crippen LogP contribution in [0.15, 0.2) is 0 Å². The van der Waals surface area contributed by atoms with Gasteiger partial charge in [0, 0.05) is 19.1 Å². The van der Waals surface area contributed by atoms with E-state index in [1.54, 1.807) is 0 Å². The second kappa shape index (κ2) is 4.60. The van der Waals surface area contributed by atoms with Gasteiger partial charge in [0.05, 0.1) is 12.2 Å². The van der Waals surface area contributed by atoms with Crippen molar-refractivity contribution >= 4 is 0 Å². The Bertz CT molecular complexity index is 172. The number of rotatable bonds is 3. The standard InChI is InChI=1S/C11H22N2O/c1-12-9-7-11(8-9)14-10-3-5-13(2)6-4-10/h9-12H,3-8H2,1-2H3. The van der Waals surface area contributed by atoms with Crippen molar-refractivity contribution in [2.75, 3.05) is 27.2 Å². The lowest BCUT2D eigenvalue weighted by molar-refractivity contribution is -0.0815. The number of nitrogens with one attached hydrogen (secondary N) is 1. The molecular weight excluding hydrogens is 176 g/mol. The van der Waals surface area contributed by atoms with Crippen molar-refractivity contribution < 1.29 is 4.74 Å². The monoisotopic (exact) mass is 198 g/mol. The Balaban J connectivity index is 1.62. The van der Waals surface area contributed by atoms with Crippen molar-refractivity contribution in [3.05, 3.63) is 0 Å². The Morgan fingerprint density at radius 3 is 2.36 bits per heavy atom. The summed E-state index contributed by atoms with van der Waals surface area (Å²) in [5.41, 5.74) is 0. The molecule has 14 heavy (non-hydrogen) atoms. The molecule has 0 aromatic carbocycles. The fourth-order valence-corrected chi connectivity index (χ4v) is 2.31. The quantitative estimate of drug-likeness (QED) is 0.727. The lowest BCUT2D eigenvalue weighted by atomic mass is 9.89. The van der Waals surface area contributed by atoms with Crippen molar-refractivity contribution in [3.8, 4) is 0 Å².